The molecule has 0 aliphatic heterocycles. The molecule has 1 aromatic heterocycles. The topological polar surface area (TPSA) is 90.1 Å². The van der Waals surface area contributed by atoms with Crippen LogP contribution < -0.4 is 17.1 Å². The number of nitrogens with zero attached hydrogens (tertiary/aromatic N) is 1. The highest BCUT2D eigenvalue weighted by Crippen LogP contribution is 1.75. The Kier molecular flexibility index (Phi) is 2.78. The van der Waals surface area contributed by atoms with E-state index in [1.165, 1.54) is 16.8 Å². The summed E-state index contributed by atoms with van der Waals surface area (Å²) in [5.41, 5.74) is -0.871. The summed E-state index contributed by atoms with van der Waals surface area (Å²) in [6.45, 7) is 0.554. The fraction of sp³-hybridized carbons (Fsp3) is 0.333. The molecule has 0 amide bonds. The van der Waals surface area contributed by atoms with Crippen LogP contribution in [0.2, 0.25) is 0 Å². The highest BCUT2D eigenvalue weighted by molar-refractivity contribution is 4.82. The van der Waals surface area contributed by atoms with Gasteiger partial charge < -0.3 is 4.84 Å². The van der Waals surface area contributed by atoms with Gasteiger partial charge in [-0.05, 0) is 0 Å². The van der Waals surface area contributed by atoms with Gasteiger partial charge in [0.2, 0.25) is 0 Å². The normalized spacial score (nSPS) is 10.1. The maximum absolute atomic E-state index is 11.0. The number of aromatic nitrogens is 2. The molecule has 0 saturated carbocycles. The van der Waals surface area contributed by atoms with Crippen LogP contribution in [-0.4, -0.2) is 16.2 Å². The zero-order valence-corrected chi connectivity index (χ0v) is 6.32. The van der Waals surface area contributed by atoms with Crippen LogP contribution in [0.25, 0.3) is 0 Å². The second-order valence-corrected chi connectivity index (χ2v) is 2.17. The third-order valence-corrected chi connectivity index (χ3v) is 1.35. The smallest absolute Gasteiger partial charge is 0.303 e. The second-order valence-electron chi connectivity index (χ2n) is 2.17. The minimum atomic E-state index is -0.459. The predicted molar refractivity (Wildman–Crippen MR) is 41.5 cm³/mol. The van der Waals surface area contributed by atoms with E-state index in [1.807, 2.05) is 0 Å². The van der Waals surface area contributed by atoms with Crippen molar-refractivity contribution in [3.63, 3.8) is 0 Å². The first kappa shape index (κ1) is 8.69. The predicted octanol–water partition coefficient (Wildman–Crippen LogP) is -1.57. The van der Waals surface area contributed by atoms with Crippen molar-refractivity contribution in [3.05, 3.63) is 33.1 Å². The third-order valence-electron chi connectivity index (χ3n) is 1.35. The summed E-state index contributed by atoms with van der Waals surface area (Å²) in [6.07, 6.45) is 1.39. The van der Waals surface area contributed by atoms with Crippen LogP contribution >= 0.6 is 0 Å². The van der Waals surface area contributed by atoms with Gasteiger partial charge in [-0.25, -0.2) is 10.7 Å². The van der Waals surface area contributed by atoms with Crippen LogP contribution in [0.4, 0.5) is 0 Å². The van der Waals surface area contributed by atoms with Gasteiger partial charge in [-0.3, -0.25) is 14.3 Å². The molecule has 0 atom stereocenters. The molecular weight excluding hydrogens is 162 g/mol. The van der Waals surface area contributed by atoms with E-state index in [4.69, 9.17) is 5.90 Å². The van der Waals surface area contributed by atoms with E-state index in [0.29, 0.717) is 6.54 Å². The number of nitrogens with two attached hydrogens (primary N) is 1. The number of H-pyrrole nitrogens is 1. The van der Waals surface area contributed by atoms with Gasteiger partial charge in [0, 0.05) is 12.3 Å². The molecule has 0 unspecified atom stereocenters. The van der Waals surface area contributed by atoms with Crippen molar-refractivity contribution in [2.24, 2.45) is 5.90 Å². The molecule has 66 valence electrons. The Balaban J connectivity index is 2.87. The molecule has 3 N–H and O–H groups in total. The van der Waals surface area contributed by atoms with E-state index in [1.54, 1.807) is 0 Å². The van der Waals surface area contributed by atoms with E-state index >= 15 is 0 Å². The quantitative estimate of drug-likeness (QED) is 0.537. The van der Waals surface area contributed by atoms with Crippen molar-refractivity contribution < 1.29 is 4.84 Å². The van der Waals surface area contributed by atoms with Crippen LogP contribution in [0.5, 0.6) is 0 Å². The second kappa shape index (κ2) is 3.84. The largest absolute Gasteiger partial charge is 0.328 e. The Morgan fingerprint density at radius 1 is 1.58 bits per heavy atom. The van der Waals surface area contributed by atoms with Crippen LogP contribution in [0, 0.1) is 0 Å². The molecule has 12 heavy (non-hydrogen) atoms. The van der Waals surface area contributed by atoms with E-state index < -0.39 is 11.2 Å². The molecule has 1 heterocycles. The summed E-state index contributed by atoms with van der Waals surface area (Å²) in [7, 11) is 0. The van der Waals surface area contributed by atoms with Crippen LogP contribution in [0.1, 0.15) is 0 Å². The summed E-state index contributed by atoms with van der Waals surface area (Å²) in [5.74, 6) is 4.77. The first-order chi connectivity index (χ1) is 5.74. The molecule has 1 aromatic rings. The van der Waals surface area contributed by atoms with E-state index in [0.717, 1.165) is 0 Å². The summed E-state index contributed by atoms with van der Waals surface area (Å²) in [6, 6.07) is 1.26. The van der Waals surface area contributed by atoms with Gasteiger partial charge in [-0.15, -0.1) is 0 Å². The van der Waals surface area contributed by atoms with Crippen LogP contribution in [0.3, 0.4) is 0 Å². The van der Waals surface area contributed by atoms with Gasteiger partial charge in [-0.1, -0.05) is 0 Å². The minimum absolute atomic E-state index is 0.228. The van der Waals surface area contributed by atoms with Crippen LogP contribution in [0.15, 0.2) is 21.9 Å². The van der Waals surface area contributed by atoms with E-state index in [2.05, 4.69) is 9.82 Å². The maximum atomic E-state index is 11.0. The van der Waals surface area contributed by atoms with Gasteiger partial charge in [0.15, 0.2) is 0 Å². The average molecular weight is 171 g/mol. The standard InChI is InChI=1S/C6H9N3O3/c7-12-4-3-9-2-1-5(10)8-6(9)11/h1-2H,3-4,7H2,(H,8,10,11). The fourth-order valence-corrected chi connectivity index (χ4v) is 0.771. The monoisotopic (exact) mass is 171 g/mol. The fourth-order valence-electron chi connectivity index (χ4n) is 0.771. The lowest BCUT2D eigenvalue weighted by atomic mass is 10.6. The Morgan fingerprint density at radius 3 is 2.92 bits per heavy atom. The van der Waals surface area contributed by atoms with Crippen molar-refractivity contribution in [2.45, 2.75) is 6.54 Å². The lowest BCUT2D eigenvalue weighted by Gasteiger charge is -2.01. The molecule has 0 aliphatic rings. The van der Waals surface area contributed by atoms with Gasteiger partial charge in [0.25, 0.3) is 5.56 Å². The lowest BCUT2D eigenvalue weighted by molar-refractivity contribution is 0.128. The molecule has 0 aliphatic carbocycles. The summed E-state index contributed by atoms with van der Waals surface area (Å²) in [5, 5.41) is 0. The van der Waals surface area contributed by atoms with Crippen molar-refractivity contribution in [1.82, 2.24) is 9.55 Å². The summed E-state index contributed by atoms with van der Waals surface area (Å²) in [4.78, 5) is 27.9. The first-order valence-corrected chi connectivity index (χ1v) is 3.35. The Labute approximate surface area is 67.5 Å². The molecule has 0 saturated heterocycles. The van der Waals surface area contributed by atoms with Gasteiger partial charge >= 0.3 is 5.69 Å². The lowest BCUT2D eigenvalue weighted by Crippen LogP contribution is -2.30. The molecular formula is C6H9N3O3. The van der Waals surface area contributed by atoms with Crippen molar-refractivity contribution in [1.29, 1.82) is 0 Å². The van der Waals surface area contributed by atoms with Crippen molar-refractivity contribution >= 4 is 0 Å². The average Bonchev–Trinajstić information content (AvgIpc) is 2.03. The number of hydrogen-bond acceptors (Lipinski definition) is 4. The Bertz CT molecular complexity index is 354. The van der Waals surface area contributed by atoms with E-state index in [-0.39, 0.29) is 6.61 Å². The minimum Gasteiger partial charge on any atom is -0.303 e. The molecule has 0 radical (unpaired) electrons. The van der Waals surface area contributed by atoms with Gasteiger partial charge in [0.1, 0.15) is 0 Å². The van der Waals surface area contributed by atoms with Crippen LogP contribution in [-0.2, 0) is 11.4 Å². The highest BCUT2D eigenvalue weighted by Gasteiger charge is 1.94. The molecule has 0 spiro atoms. The molecule has 0 bridgehead atoms. The zero-order chi connectivity index (χ0) is 8.97. The molecule has 1 rings (SSSR count). The Hall–Kier alpha value is -1.40. The molecule has 6 heteroatoms. The molecule has 0 fully saturated rings. The summed E-state index contributed by atoms with van der Waals surface area (Å²) < 4.78 is 1.30. The Morgan fingerprint density at radius 2 is 2.33 bits per heavy atom. The maximum Gasteiger partial charge on any atom is 0.328 e. The van der Waals surface area contributed by atoms with Crippen molar-refractivity contribution in [2.75, 3.05) is 6.61 Å². The number of nitrogens with one attached hydrogen (secondary N) is 1. The number of aromatic amines is 1. The molecule has 0 aromatic carbocycles. The number of hydrogen-bond donors (Lipinski definition) is 2. The summed E-state index contributed by atoms with van der Waals surface area (Å²) >= 11 is 0. The zero-order valence-electron chi connectivity index (χ0n) is 6.32. The van der Waals surface area contributed by atoms with Crippen molar-refractivity contribution in [3.8, 4) is 0 Å². The van der Waals surface area contributed by atoms with Gasteiger partial charge in [-0.2, -0.15) is 0 Å². The van der Waals surface area contributed by atoms with E-state index in [9.17, 15) is 9.59 Å². The highest BCUT2D eigenvalue weighted by atomic mass is 16.6. The molecule has 6 nitrogen and oxygen atoms in total. The SMILES string of the molecule is NOCCn1ccc(=O)[nH]c1=O. The first-order valence-electron chi connectivity index (χ1n) is 3.35. The third kappa shape index (κ3) is 2.04. The van der Waals surface area contributed by atoms with Gasteiger partial charge in [0.05, 0.1) is 13.2 Å². The number of rotatable bonds is 3.